The van der Waals surface area contributed by atoms with Crippen molar-refractivity contribution < 1.29 is 27.6 Å². The molecule has 0 heterocycles. The van der Waals surface area contributed by atoms with E-state index in [0.717, 1.165) is 18.2 Å². The van der Waals surface area contributed by atoms with Crippen molar-refractivity contribution in [3.8, 4) is 0 Å². The van der Waals surface area contributed by atoms with E-state index in [0.29, 0.717) is 0 Å². The standard InChI is InChI=1S/C9H5ClF3NO4/c10-7-2-1-6(14(16)17)3-5(7)4-18-8(15)9(11,12)13/h1-3H,4H2. The second-order valence-corrected chi connectivity index (χ2v) is 3.51. The summed E-state index contributed by atoms with van der Waals surface area (Å²) < 4.78 is 39.5. The minimum Gasteiger partial charge on any atom is -0.454 e. The number of hydrogen-bond donors (Lipinski definition) is 0. The van der Waals surface area contributed by atoms with Crippen LogP contribution in [0.5, 0.6) is 0 Å². The minimum atomic E-state index is -5.12. The van der Waals surface area contributed by atoms with E-state index in [2.05, 4.69) is 4.74 Å². The zero-order valence-corrected chi connectivity index (χ0v) is 9.29. The molecule has 1 rings (SSSR count). The fourth-order valence-corrected chi connectivity index (χ4v) is 1.18. The molecule has 0 aliphatic rings. The van der Waals surface area contributed by atoms with E-state index >= 15 is 0 Å². The van der Waals surface area contributed by atoms with Crippen LogP contribution in [0.25, 0.3) is 0 Å². The zero-order chi connectivity index (χ0) is 13.9. The summed E-state index contributed by atoms with van der Waals surface area (Å²) in [6, 6.07) is 3.15. The predicted octanol–water partition coefficient (Wildman–Crippen LogP) is 2.85. The Hall–Kier alpha value is -1.83. The first-order valence-corrected chi connectivity index (χ1v) is 4.76. The molecule has 0 amide bonds. The average molecular weight is 284 g/mol. The summed E-state index contributed by atoms with van der Waals surface area (Å²) in [5, 5.41) is 10.4. The Kier molecular flexibility index (Phi) is 4.12. The average Bonchev–Trinajstić information content (AvgIpc) is 2.25. The Morgan fingerprint density at radius 1 is 1.44 bits per heavy atom. The quantitative estimate of drug-likeness (QED) is 0.486. The van der Waals surface area contributed by atoms with Crippen molar-refractivity contribution >= 4 is 23.3 Å². The van der Waals surface area contributed by atoms with Crippen LogP contribution in [0.3, 0.4) is 0 Å². The Morgan fingerprint density at radius 2 is 2.06 bits per heavy atom. The molecule has 0 aliphatic heterocycles. The third-order valence-electron chi connectivity index (χ3n) is 1.83. The number of carbonyl (C=O) groups excluding carboxylic acids is 1. The van der Waals surface area contributed by atoms with Crippen LogP contribution in [0.15, 0.2) is 18.2 Å². The number of esters is 1. The van der Waals surface area contributed by atoms with Gasteiger partial charge in [-0.05, 0) is 6.07 Å². The molecule has 1 aromatic carbocycles. The van der Waals surface area contributed by atoms with E-state index in [1.54, 1.807) is 0 Å². The Labute approximate surface area is 103 Å². The van der Waals surface area contributed by atoms with E-state index in [1.807, 2.05) is 0 Å². The predicted molar refractivity (Wildman–Crippen MR) is 54.0 cm³/mol. The molecule has 98 valence electrons. The maximum Gasteiger partial charge on any atom is 0.490 e. The number of ether oxygens (including phenoxy) is 1. The lowest BCUT2D eigenvalue weighted by atomic mass is 10.2. The van der Waals surface area contributed by atoms with Crippen LogP contribution in [0.2, 0.25) is 5.02 Å². The van der Waals surface area contributed by atoms with Gasteiger partial charge in [-0.15, -0.1) is 0 Å². The van der Waals surface area contributed by atoms with E-state index in [4.69, 9.17) is 11.6 Å². The number of non-ortho nitro benzene ring substituents is 1. The van der Waals surface area contributed by atoms with Gasteiger partial charge in [-0.25, -0.2) is 4.79 Å². The second-order valence-electron chi connectivity index (χ2n) is 3.11. The molecule has 1 aromatic rings. The lowest BCUT2D eigenvalue weighted by molar-refractivity contribution is -0.384. The molecule has 0 aromatic heterocycles. The third kappa shape index (κ3) is 3.59. The molecule has 9 heteroatoms. The van der Waals surface area contributed by atoms with Gasteiger partial charge in [0.1, 0.15) is 6.61 Å². The van der Waals surface area contributed by atoms with Gasteiger partial charge >= 0.3 is 12.1 Å². The highest BCUT2D eigenvalue weighted by Crippen LogP contribution is 2.24. The number of hydrogen-bond acceptors (Lipinski definition) is 4. The van der Waals surface area contributed by atoms with Crippen LogP contribution >= 0.6 is 11.6 Å². The van der Waals surface area contributed by atoms with Crippen molar-refractivity contribution in [2.75, 3.05) is 0 Å². The van der Waals surface area contributed by atoms with Crippen molar-refractivity contribution in [2.24, 2.45) is 0 Å². The first kappa shape index (κ1) is 14.2. The smallest absolute Gasteiger partial charge is 0.454 e. The number of halogens is 4. The summed E-state index contributed by atoms with van der Waals surface area (Å²) in [6.45, 7) is -0.793. The highest BCUT2D eigenvalue weighted by Gasteiger charge is 2.41. The van der Waals surface area contributed by atoms with Gasteiger partial charge in [0, 0.05) is 22.7 Å². The summed E-state index contributed by atoms with van der Waals surface area (Å²) >= 11 is 5.60. The fraction of sp³-hybridized carbons (Fsp3) is 0.222. The maximum absolute atomic E-state index is 11.8. The van der Waals surface area contributed by atoms with E-state index in [-0.39, 0.29) is 16.3 Å². The highest BCUT2D eigenvalue weighted by molar-refractivity contribution is 6.31. The van der Waals surface area contributed by atoms with Gasteiger partial charge in [0.2, 0.25) is 0 Å². The number of benzene rings is 1. The van der Waals surface area contributed by atoms with Gasteiger partial charge in [0.25, 0.3) is 5.69 Å². The molecule has 0 saturated carbocycles. The van der Waals surface area contributed by atoms with Crippen LogP contribution in [0, 0.1) is 10.1 Å². The van der Waals surface area contributed by atoms with Crippen LogP contribution in [0.1, 0.15) is 5.56 Å². The molecular formula is C9H5ClF3NO4. The third-order valence-corrected chi connectivity index (χ3v) is 2.20. The molecule has 0 saturated heterocycles. The molecule has 0 atom stereocenters. The van der Waals surface area contributed by atoms with Gasteiger partial charge in [0.15, 0.2) is 0 Å². The number of nitrogens with zero attached hydrogens (tertiary/aromatic N) is 1. The minimum absolute atomic E-state index is 0.0319. The van der Waals surface area contributed by atoms with Crippen LogP contribution in [-0.2, 0) is 16.1 Å². The number of carbonyl (C=O) groups is 1. The lowest BCUT2D eigenvalue weighted by Gasteiger charge is -2.08. The maximum atomic E-state index is 11.8. The molecule has 0 unspecified atom stereocenters. The van der Waals surface area contributed by atoms with Crippen LogP contribution in [-0.4, -0.2) is 17.1 Å². The number of nitro groups is 1. The summed E-state index contributed by atoms with van der Waals surface area (Å²) in [6.07, 6.45) is -5.12. The topological polar surface area (TPSA) is 69.4 Å². The molecule has 0 aliphatic carbocycles. The van der Waals surface area contributed by atoms with Gasteiger partial charge in [-0.3, -0.25) is 10.1 Å². The zero-order valence-electron chi connectivity index (χ0n) is 8.53. The van der Waals surface area contributed by atoms with Gasteiger partial charge in [-0.2, -0.15) is 13.2 Å². The molecule has 0 radical (unpaired) electrons. The van der Waals surface area contributed by atoms with Crippen molar-refractivity contribution in [1.82, 2.24) is 0 Å². The van der Waals surface area contributed by atoms with Gasteiger partial charge in [-0.1, -0.05) is 11.6 Å². The molecule has 0 spiro atoms. The molecule has 0 bridgehead atoms. The summed E-state index contributed by atoms with van der Waals surface area (Å²) in [4.78, 5) is 20.1. The largest absolute Gasteiger partial charge is 0.490 e. The highest BCUT2D eigenvalue weighted by atomic mass is 35.5. The molecular weight excluding hydrogens is 279 g/mol. The SMILES string of the molecule is O=C(OCc1cc([N+](=O)[O-])ccc1Cl)C(F)(F)F. The second kappa shape index (κ2) is 5.21. The Morgan fingerprint density at radius 3 is 2.56 bits per heavy atom. The molecule has 18 heavy (non-hydrogen) atoms. The normalized spacial score (nSPS) is 11.1. The van der Waals surface area contributed by atoms with E-state index < -0.39 is 23.7 Å². The summed E-state index contributed by atoms with van der Waals surface area (Å²) in [5.41, 5.74) is -0.444. The number of rotatable bonds is 3. The summed E-state index contributed by atoms with van der Waals surface area (Å²) in [5.74, 6) is -2.38. The van der Waals surface area contributed by atoms with Crippen molar-refractivity contribution in [3.05, 3.63) is 38.9 Å². The number of nitro benzene ring substituents is 1. The van der Waals surface area contributed by atoms with Crippen molar-refractivity contribution in [3.63, 3.8) is 0 Å². The first-order chi connectivity index (χ1) is 8.21. The Bertz CT molecular complexity index is 489. The molecule has 0 fully saturated rings. The van der Waals surface area contributed by atoms with E-state index in [9.17, 15) is 28.1 Å². The van der Waals surface area contributed by atoms with Gasteiger partial charge < -0.3 is 4.74 Å². The number of alkyl halides is 3. The lowest BCUT2D eigenvalue weighted by Crippen LogP contribution is -2.25. The van der Waals surface area contributed by atoms with Gasteiger partial charge in [0.05, 0.1) is 4.92 Å². The fourth-order valence-electron chi connectivity index (χ4n) is 1.01. The van der Waals surface area contributed by atoms with Crippen molar-refractivity contribution in [1.29, 1.82) is 0 Å². The van der Waals surface area contributed by atoms with E-state index in [1.165, 1.54) is 0 Å². The monoisotopic (exact) mass is 283 g/mol. The van der Waals surface area contributed by atoms with Crippen molar-refractivity contribution in [2.45, 2.75) is 12.8 Å². The Balaban J connectivity index is 2.82. The first-order valence-electron chi connectivity index (χ1n) is 4.38. The van der Waals surface area contributed by atoms with Crippen LogP contribution in [0.4, 0.5) is 18.9 Å². The summed E-state index contributed by atoms with van der Waals surface area (Å²) in [7, 11) is 0. The molecule has 5 nitrogen and oxygen atoms in total. The van der Waals surface area contributed by atoms with Crippen LogP contribution < -0.4 is 0 Å². The molecule has 0 N–H and O–H groups in total.